The quantitative estimate of drug-likeness (QED) is 0.590. The smallest absolute Gasteiger partial charge is 0.254 e. The molecule has 1 fully saturated rings. The third-order valence-electron chi connectivity index (χ3n) is 7.57. The molecule has 1 N–H and O–H groups in total. The average molecular weight is 430 g/mol. The molecule has 1 saturated heterocycles. The summed E-state index contributed by atoms with van der Waals surface area (Å²) in [5, 5.41) is 1.36. The van der Waals surface area contributed by atoms with E-state index in [4.69, 9.17) is 0 Å². The summed E-state index contributed by atoms with van der Waals surface area (Å²) in [5.41, 5.74) is 7.34. The van der Waals surface area contributed by atoms with Crippen LogP contribution in [0.1, 0.15) is 51.9 Å². The zero-order chi connectivity index (χ0) is 22.1. The number of aromatic amines is 1. The maximum absolute atomic E-state index is 13.2. The van der Waals surface area contributed by atoms with Gasteiger partial charge in [-0.25, -0.2) is 0 Å². The number of benzene rings is 2. The van der Waals surface area contributed by atoms with Gasteiger partial charge in [0.1, 0.15) is 0 Å². The number of rotatable bonds is 6. The molecule has 4 nitrogen and oxygen atoms in total. The second-order valence-electron chi connectivity index (χ2n) is 9.87. The predicted octanol–water partition coefficient (Wildman–Crippen LogP) is 5.13. The third-order valence-corrected chi connectivity index (χ3v) is 7.57. The Bertz CT molecular complexity index is 1120. The molecule has 4 heteroatoms. The van der Waals surface area contributed by atoms with Crippen LogP contribution in [0.15, 0.2) is 42.6 Å². The van der Waals surface area contributed by atoms with Gasteiger partial charge in [0.15, 0.2) is 0 Å². The highest BCUT2D eigenvalue weighted by molar-refractivity contribution is 5.97. The van der Waals surface area contributed by atoms with Crippen molar-refractivity contribution in [3.63, 3.8) is 0 Å². The zero-order valence-corrected chi connectivity index (χ0v) is 19.5. The largest absolute Gasteiger partial charge is 0.361 e. The van der Waals surface area contributed by atoms with E-state index in [2.05, 4.69) is 71.2 Å². The van der Waals surface area contributed by atoms with Crippen LogP contribution < -0.4 is 0 Å². The fourth-order valence-electron chi connectivity index (χ4n) is 5.63. The number of nitrogens with one attached hydrogen (secondary N) is 1. The Hall–Kier alpha value is -2.59. The molecular weight excluding hydrogens is 394 g/mol. The van der Waals surface area contributed by atoms with E-state index in [0.29, 0.717) is 5.92 Å². The zero-order valence-electron chi connectivity index (χ0n) is 19.5. The molecule has 2 aliphatic rings. The number of para-hydroxylation sites is 1. The first-order valence-electron chi connectivity index (χ1n) is 12.3. The molecule has 2 aliphatic heterocycles. The summed E-state index contributed by atoms with van der Waals surface area (Å²) in [7, 11) is 0. The molecule has 0 aliphatic carbocycles. The van der Waals surface area contributed by atoms with E-state index in [1.165, 1.54) is 59.0 Å². The average Bonchev–Trinajstić information content (AvgIpc) is 3.21. The van der Waals surface area contributed by atoms with Gasteiger partial charge in [-0.3, -0.25) is 4.79 Å². The molecule has 5 rings (SSSR count). The van der Waals surface area contributed by atoms with Crippen LogP contribution in [0.25, 0.3) is 10.9 Å². The SMILES string of the molecule is Cc1cc2c(cc1C)C(=O)N(CC1CCCN(CCCc3c[nH]c4ccccc34)C1)CC2. The fraction of sp³-hybridized carbons (Fsp3) is 0.464. The molecule has 168 valence electrons. The van der Waals surface area contributed by atoms with Crippen LogP contribution >= 0.6 is 0 Å². The van der Waals surface area contributed by atoms with E-state index < -0.39 is 0 Å². The van der Waals surface area contributed by atoms with E-state index in [1.807, 2.05) is 0 Å². The van der Waals surface area contributed by atoms with Crippen LogP contribution in [0.2, 0.25) is 0 Å². The van der Waals surface area contributed by atoms with Crippen LogP contribution in [0.5, 0.6) is 0 Å². The van der Waals surface area contributed by atoms with Crippen molar-refractivity contribution >= 4 is 16.8 Å². The molecule has 3 aromatic rings. The minimum absolute atomic E-state index is 0.241. The maximum atomic E-state index is 13.2. The Morgan fingerprint density at radius 1 is 1.09 bits per heavy atom. The summed E-state index contributed by atoms with van der Waals surface area (Å²) in [6, 6.07) is 12.9. The predicted molar refractivity (Wildman–Crippen MR) is 131 cm³/mol. The molecule has 0 radical (unpaired) electrons. The summed E-state index contributed by atoms with van der Waals surface area (Å²) in [6.07, 6.45) is 7.95. The minimum atomic E-state index is 0.241. The second-order valence-corrected chi connectivity index (χ2v) is 9.87. The van der Waals surface area contributed by atoms with Crippen molar-refractivity contribution in [1.29, 1.82) is 0 Å². The lowest BCUT2D eigenvalue weighted by atomic mass is 9.92. The second kappa shape index (κ2) is 9.11. The fourth-order valence-corrected chi connectivity index (χ4v) is 5.63. The number of hydrogen-bond acceptors (Lipinski definition) is 2. The van der Waals surface area contributed by atoms with Crippen molar-refractivity contribution < 1.29 is 4.79 Å². The Morgan fingerprint density at radius 3 is 2.84 bits per heavy atom. The number of H-pyrrole nitrogens is 1. The molecular formula is C28H35N3O. The number of aromatic nitrogens is 1. The molecule has 32 heavy (non-hydrogen) atoms. The first-order chi connectivity index (χ1) is 15.6. The van der Waals surface area contributed by atoms with Crippen LogP contribution in [0.3, 0.4) is 0 Å². The van der Waals surface area contributed by atoms with Crippen molar-refractivity contribution in [2.24, 2.45) is 5.92 Å². The summed E-state index contributed by atoms with van der Waals surface area (Å²) in [5.74, 6) is 0.833. The molecule has 1 atom stereocenters. The van der Waals surface area contributed by atoms with Crippen molar-refractivity contribution in [2.45, 2.75) is 46.0 Å². The highest BCUT2D eigenvalue weighted by Gasteiger charge is 2.29. The van der Waals surface area contributed by atoms with Gasteiger partial charge < -0.3 is 14.8 Å². The van der Waals surface area contributed by atoms with Crippen molar-refractivity contribution in [3.8, 4) is 0 Å². The third kappa shape index (κ3) is 4.33. The Balaban J connectivity index is 1.15. The number of nitrogens with zero attached hydrogens (tertiary/aromatic N) is 2. The topological polar surface area (TPSA) is 39.3 Å². The van der Waals surface area contributed by atoms with Crippen molar-refractivity contribution in [2.75, 3.05) is 32.7 Å². The standard InChI is InChI=1S/C28H35N3O/c1-20-15-23-11-14-31(28(32)26(23)16-21(20)2)19-22-7-5-12-30(18-22)13-6-8-24-17-29-27-10-4-3-9-25(24)27/h3-4,9-10,15-17,22,29H,5-8,11-14,18-19H2,1-2H3. The van der Waals surface area contributed by atoms with E-state index in [1.54, 1.807) is 0 Å². The Kier molecular flexibility index (Phi) is 6.05. The van der Waals surface area contributed by atoms with Crippen LogP contribution in [0.4, 0.5) is 0 Å². The molecule has 2 aromatic carbocycles. The molecule has 3 heterocycles. The Labute approximate surface area is 191 Å². The van der Waals surface area contributed by atoms with Crippen LogP contribution in [0, 0.1) is 19.8 Å². The van der Waals surface area contributed by atoms with Gasteiger partial charge in [0.2, 0.25) is 0 Å². The minimum Gasteiger partial charge on any atom is -0.361 e. The first kappa shape index (κ1) is 21.3. The molecule has 1 amide bonds. The van der Waals surface area contributed by atoms with Crippen molar-refractivity contribution in [1.82, 2.24) is 14.8 Å². The molecule has 0 bridgehead atoms. The number of carbonyl (C=O) groups is 1. The lowest BCUT2D eigenvalue weighted by molar-refractivity contribution is 0.0661. The number of aryl methyl sites for hydroxylation is 3. The lowest BCUT2D eigenvalue weighted by Gasteiger charge is -2.37. The van der Waals surface area contributed by atoms with Gasteiger partial charge in [-0.05, 0) is 99.3 Å². The van der Waals surface area contributed by atoms with Gasteiger partial charge in [0.05, 0.1) is 0 Å². The summed E-state index contributed by atoms with van der Waals surface area (Å²) in [6.45, 7) is 9.48. The molecule has 0 saturated carbocycles. The summed E-state index contributed by atoms with van der Waals surface area (Å²) in [4.78, 5) is 21.3. The Morgan fingerprint density at radius 2 is 1.94 bits per heavy atom. The van der Waals surface area contributed by atoms with Gasteiger partial charge in [-0.15, -0.1) is 0 Å². The number of fused-ring (bicyclic) bond motifs is 2. The van der Waals surface area contributed by atoms with E-state index in [0.717, 1.165) is 44.6 Å². The normalized spacial score (nSPS) is 19.5. The van der Waals surface area contributed by atoms with Crippen LogP contribution in [-0.2, 0) is 12.8 Å². The highest BCUT2D eigenvalue weighted by Crippen LogP contribution is 2.26. The van der Waals surface area contributed by atoms with E-state index >= 15 is 0 Å². The van der Waals surface area contributed by atoms with Gasteiger partial charge in [0.25, 0.3) is 5.91 Å². The van der Waals surface area contributed by atoms with Crippen molar-refractivity contribution in [3.05, 3.63) is 70.4 Å². The maximum Gasteiger partial charge on any atom is 0.254 e. The monoisotopic (exact) mass is 429 g/mol. The van der Waals surface area contributed by atoms with E-state index in [-0.39, 0.29) is 5.91 Å². The number of likely N-dealkylation sites (tertiary alicyclic amines) is 1. The van der Waals surface area contributed by atoms with Gasteiger partial charge >= 0.3 is 0 Å². The first-order valence-corrected chi connectivity index (χ1v) is 12.3. The number of amides is 1. The number of carbonyl (C=O) groups excluding carboxylic acids is 1. The summed E-state index contributed by atoms with van der Waals surface area (Å²) >= 11 is 0. The number of hydrogen-bond donors (Lipinski definition) is 1. The van der Waals surface area contributed by atoms with Gasteiger partial charge in [-0.1, -0.05) is 24.3 Å². The van der Waals surface area contributed by atoms with Gasteiger partial charge in [-0.2, -0.15) is 0 Å². The van der Waals surface area contributed by atoms with Crippen LogP contribution in [-0.4, -0.2) is 53.4 Å². The number of piperidine rings is 1. The molecule has 1 unspecified atom stereocenters. The lowest BCUT2D eigenvalue weighted by Crippen LogP contribution is -2.45. The van der Waals surface area contributed by atoms with Gasteiger partial charge in [0, 0.05) is 42.3 Å². The molecule has 1 aromatic heterocycles. The summed E-state index contributed by atoms with van der Waals surface area (Å²) < 4.78 is 0. The highest BCUT2D eigenvalue weighted by atomic mass is 16.2. The molecule has 0 spiro atoms. The van der Waals surface area contributed by atoms with E-state index in [9.17, 15) is 4.79 Å².